The predicted molar refractivity (Wildman–Crippen MR) is 109 cm³/mol. The molecular weight excluding hydrogens is 354 g/mol. The molecule has 0 bridgehead atoms. The predicted octanol–water partition coefficient (Wildman–Crippen LogP) is 1.59. The Labute approximate surface area is 164 Å². The fourth-order valence-electron chi connectivity index (χ4n) is 3.73. The molecule has 144 valence electrons. The summed E-state index contributed by atoms with van der Waals surface area (Å²) >= 11 is 0. The Kier molecular flexibility index (Phi) is 4.73. The van der Waals surface area contributed by atoms with Crippen LogP contribution in [0.2, 0.25) is 0 Å². The third-order valence-electron chi connectivity index (χ3n) is 5.26. The number of hydrogen-bond donors (Lipinski definition) is 1. The summed E-state index contributed by atoms with van der Waals surface area (Å²) in [5.41, 5.74) is 8.93. The number of carbonyl (C=O) groups excluding carboxylic acids is 2. The third-order valence-corrected chi connectivity index (χ3v) is 5.26. The van der Waals surface area contributed by atoms with E-state index in [1.54, 1.807) is 9.91 Å². The number of rotatable bonds is 3. The first-order valence-electron chi connectivity index (χ1n) is 9.34. The van der Waals surface area contributed by atoms with Crippen LogP contribution >= 0.6 is 0 Å². The van der Waals surface area contributed by atoms with E-state index < -0.39 is 11.9 Å². The summed E-state index contributed by atoms with van der Waals surface area (Å²) < 4.78 is 0. The Morgan fingerprint density at radius 3 is 2.50 bits per heavy atom. The first-order valence-corrected chi connectivity index (χ1v) is 9.34. The molecule has 2 N–H and O–H groups in total. The van der Waals surface area contributed by atoms with Crippen molar-refractivity contribution < 1.29 is 9.59 Å². The lowest BCUT2D eigenvalue weighted by Gasteiger charge is -2.20. The van der Waals surface area contributed by atoms with E-state index in [4.69, 9.17) is 5.73 Å². The number of para-hydroxylation sites is 2. The fraction of sp³-hybridized carbons (Fsp3) is 0.286. The normalized spacial score (nSPS) is 19.1. The van der Waals surface area contributed by atoms with E-state index in [0.717, 1.165) is 23.5 Å². The minimum atomic E-state index is -0.650. The van der Waals surface area contributed by atoms with Crippen molar-refractivity contribution in [1.29, 1.82) is 0 Å². The van der Waals surface area contributed by atoms with Gasteiger partial charge in [-0.3, -0.25) is 14.6 Å². The zero-order valence-corrected chi connectivity index (χ0v) is 15.8. The van der Waals surface area contributed by atoms with Gasteiger partial charge in [-0.2, -0.15) is 5.10 Å². The topological polar surface area (TPSA) is 82.2 Å². The number of nitrogens with zero attached hydrogens (tertiary/aromatic N) is 4. The van der Waals surface area contributed by atoms with Gasteiger partial charge < -0.3 is 15.5 Å². The van der Waals surface area contributed by atoms with Gasteiger partial charge in [0.2, 0.25) is 5.91 Å². The smallest absolute Gasteiger partial charge is 0.270 e. The quantitative estimate of drug-likeness (QED) is 0.881. The number of benzene rings is 2. The molecule has 0 saturated heterocycles. The summed E-state index contributed by atoms with van der Waals surface area (Å²) in [6, 6.07) is 16.8. The summed E-state index contributed by atoms with van der Waals surface area (Å²) in [6.45, 7) is 1.85. The second kappa shape index (κ2) is 7.34. The Morgan fingerprint density at radius 1 is 1.04 bits per heavy atom. The summed E-state index contributed by atoms with van der Waals surface area (Å²) in [4.78, 5) is 29.1. The zero-order chi connectivity index (χ0) is 19.7. The summed E-state index contributed by atoms with van der Waals surface area (Å²) in [5.74, 6) is -0.633. The number of nitrogens with two attached hydrogens (primary N) is 1. The van der Waals surface area contributed by atoms with Gasteiger partial charge in [0.15, 0.2) is 0 Å². The van der Waals surface area contributed by atoms with Crippen LogP contribution in [-0.2, 0) is 16.1 Å². The molecule has 0 spiro atoms. The highest BCUT2D eigenvalue weighted by molar-refractivity contribution is 6.40. The average molecular weight is 377 g/mol. The van der Waals surface area contributed by atoms with Gasteiger partial charge in [-0.15, -0.1) is 0 Å². The average Bonchev–Trinajstić information content (AvgIpc) is 3.10. The first kappa shape index (κ1) is 18.0. The number of likely N-dealkylation sites (N-methyl/N-ethyl adjacent to an activating group) is 1. The Hall–Kier alpha value is -3.35. The molecule has 2 aliphatic rings. The highest BCUT2D eigenvalue weighted by Crippen LogP contribution is 2.27. The number of carbonyl (C=O) groups is 2. The highest BCUT2D eigenvalue weighted by atomic mass is 16.2. The van der Waals surface area contributed by atoms with E-state index in [1.807, 2.05) is 55.6 Å². The lowest BCUT2D eigenvalue weighted by molar-refractivity contribution is -0.124. The third kappa shape index (κ3) is 3.31. The molecule has 0 radical (unpaired) electrons. The number of hydrazone groups is 1. The van der Waals surface area contributed by atoms with Crippen LogP contribution in [-0.4, -0.2) is 48.6 Å². The summed E-state index contributed by atoms with van der Waals surface area (Å²) in [6.07, 6.45) is 0.219. The molecule has 2 amide bonds. The molecule has 0 saturated carbocycles. The summed E-state index contributed by atoms with van der Waals surface area (Å²) in [7, 11) is 2.03. The van der Waals surface area contributed by atoms with Gasteiger partial charge in [0.25, 0.3) is 5.91 Å². The van der Waals surface area contributed by atoms with Crippen molar-refractivity contribution in [1.82, 2.24) is 4.90 Å². The van der Waals surface area contributed by atoms with E-state index in [1.165, 1.54) is 0 Å². The van der Waals surface area contributed by atoms with Crippen molar-refractivity contribution >= 4 is 28.9 Å². The van der Waals surface area contributed by atoms with Crippen LogP contribution in [0.5, 0.6) is 0 Å². The van der Waals surface area contributed by atoms with Crippen molar-refractivity contribution in [2.75, 3.05) is 30.0 Å². The van der Waals surface area contributed by atoms with Gasteiger partial charge in [0, 0.05) is 38.8 Å². The number of amides is 2. The maximum Gasteiger partial charge on any atom is 0.270 e. The second-order valence-electron chi connectivity index (χ2n) is 7.13. The minimum absolute atomic E-state index is 0.144. The van der Waals surface area contributed by atoms with Crippen molar-refractivity contribution in [2.24, 2.45) is 10.8 Å². The molecule has 28 heavy (non-hydrogen) atoms. The van der Waals surface area contributed by atoms with E-state index >= 15 is 0 Å². The lowest BCUT2D eigenvalue weighted by Crippen LogP contribution is -2.41. The molecule has 7 heteroatoms. The molecular formula is C21H23N5O2. The van der Waals surface area contributed by atoms with Crippen LogP contribution in [0.1, 0.15) is 12.0 Å². The fourth-order valence-corrected chi connectivity index (χ4v) is 3.73. The van der Waals surface area contributed by atoms with Gasteiger partial charge >= 0.3 is 0 Å². The molecule has 2 aliphatic heterocycles. The number of primary amides is 1. The molecule has 7 nitrogen and oxygen atoms in total. The lowest BCUT2D eigenvalue weighted by atomic mass is 10.1. The van der Waals surface area contributed by atoms with E-state index in [-0.39, 0.29) is 12.3 Å². The number of hydrogen-bond acceptors (Lipinski definition) is 5. The maximum atomic E-state index is 13.2. The van der Waals surface area contributed by atoms with Crippen LogP contribution in [0.15, 0.2) is 59.7 Å². The van der Waals surface area contributed by atoms with Crippen LogP contribution in [0.4, 0.5) is 11.4 Å². The van der Waals surface area contributed by atoms with E-state index in [9.17, 15) is 9.59 Å². The van der Waals surface area contributed by atoms with Crippen molar-refractivity contribution in [3.05, 3.63) is 60.2 Å². The molecule has 2 aromatic rings. The number of anilines is 2. The van der Waals surface area contributed by atoms with Gasteiger partial charge in [0.05, 0.1) is 5.69 Å². The Morgan fingerprint density at radius 2 is 1.75 bits per heavy atom. The zero-order valence-electron chi connectivity index (χ0n) is 15.8. The number of fused-ring (bicyclic) bond motifs is 1. The van der Waals surface area contributed by atoms with Crippen molar-refractivity contribution in [2.45, 2.75) is 19.0 Å². The largest absolute Gasteiger partial charge is 0.373 e. The minimum Gasteiger partial charge on any atom is -0.373 e. The SMILES string of the molecule is CN1CCN(C(=O)C2=NN(c3ccccc3)[C@H](C(N)=O)C2)Cc2ccccc21. The van der Waals surface area contributed by atoms with Crippen molar-refractivity contribution in [3.63, 3.8) is 0 Å². The van der Waals surface area contributed by atoms with Crippen LogP contribution in [0, 0.1) is 0 Å². The van der Waals surface area contributed by atoms with E-state index in [2.05, 4.69) is 16.1 Å². The van der Waals surface area contributed by atoms with Gasteiger partial charge in [-0.1, -0.05) is 36.4 Å². The molecule has 0 fully saturated rings. The summed E-state index contributed by atoms with van der Waals surface area (Å²) in [5, 5.41) is 6.05. The van der Waals surface area contributed by atoms with Gasteiger partial charge in [0.1, 0.15) is 11.8 Å². The molecule has 0 aliphatic carbocycles. The van der Waals surface area contributed by atoms with Crippen LogP contribution < -0.4 is 15.6 Å². The molecule has 4 rings (SSSR count). The van der Waals surface area contributed by atoms with Gasteiger partial charge in [-0.05, 0) is 23.8 Å². The second-order valence-corrected chi connectivity index (χ2v) is 7.13. The molecule has 1 atom stereocenters. The molecule has 0 aromatic heterocycles. The standard InChI is InChI=1S/C21H23N5O2/c1-24-11-12-25(14-15-7-5-6-10-18(15)24)21(28)17-13-19(20(22)27)26(23-17)16-8-3-2-4-9-16/h2-10,19H,11-14H2,1H3,(H2,22,27)/t19-/m0/s1. The van der Waals surface area contributed by atoms with Crippen molar-refractivity contribution in [3.8, 4) is 0 Å². The monoisotopic (exact) mass is 377 g/mol. The Bertz CT molecular complexity index is 927. The molecule has 2 heterocycles. The maximum absolute atomic E-state index is 13.2. The highest BCUT2D eigenvalue weighted by Gasteiger charge is 2.37. The first-order chi connectivity index (χ1) is 13.5. The molecule has 0 unspecified atom stereocenters. The van der Waals surface area contributed by atoms with Crippen LogP contribution in [0.3, 0.4) is 0 Å². The van der Waals surface area contributed by atoms with E-state index in [0.29, 0.717) is 18.8 Å². The molecule has 2 aromatic carbocycles. The van der Waals surface area contributed by atoms with Gasteiger partial charge in [-0.25, -0.2) is 0 Å². The Balaban J connectivity index is 1.60. The van der Waals surface area contributed by atoms with Crippen LogP contribution in [0.25, 0.3) is 0 Å².